The van der Waals surface area contributed by atoms with Crippen LogP contribution in [0.1, 0.15) is 18.5 Å². The highest BCUT2D eigenvalue weighted by molar-refractivity contribution is 9.10. The first kappa shape index (κ1) is 18.1. The Morgan fingerprint density at radius 3 is 2.62 bits per heavy atom. The Labute approximate surface area is 134 Å². The average molecular weight is 359 g/mol. The highest BCUT2D eigenvalue weighted by atomic mass is 79.9. The Bertz CT molecular complexity index is 439. The van der Waals surface area contributed by atoms with Crippen molar-refractivity contribution in [3.63, 3.8) is 0 Å². The molecular formula is C15H23BrN2O3. The second-order valence-corrected chi connectivity index (χ2v) is 6.06. The summed E-state index contributed by atoms with van der Waals surface area (Å²) in [5.41, 5.74) is 1.05. The van der Waals surface area contributed by atoms with Gasteiger partial charge < -0.3 is 15.2 Å². The molecule has 1 rings (SSSR count). The van der Waals surface area contributed by atoms with Crippen molar-refractivity contribution < 1.29 is 14.6 Å². The quantitative estimate of drug-likeness (QED) is 0.740. The van der Waals surface area contributed by atoms with Crippen molar-refractivity contribution in [1.82, 2.24) is 10.2 Å². The number of hydrogen-bond donors (Lipinski definition) is 2. The fraction of sp³-hybridized carbons (Fsp3) is 0.533. The number of carbonyl (C=O) groups excluding carboxylic acids is 1. The third-order valence-electron chi connectivity index (χ3n) is 3.04. The number of methoxy groups -OCH3 is 1. The number of ether oxygens (including phenoxy) is 1. The molecule has 1 aromatic carbocycles. The Balaban J connectivity index is 2.40. The normalized spacial score (nSPS) is 14.0. The number of likely N-dealkylation sites (N-methyl/N-ethyl adjacent to an activating group) is 1. The number of amides is 1. The van der Waals surface area contributed by atoms with Gasteiger partial charge in [0.15, 0.2) is 0 Å². The van der Waals surface area contributed by atoms with Gasteiger partial charge >= 0.3 is 0 Å². The summed E-state index contributed by atoms with van der Waals surface area (Å²) in [6, 6.07) is 7.79. The molecule has 0 radical (unpaired) electrons. The molecule has 2 atom stereocenters. The first-order valence-corrected chi connectivity index (χ1v) is 7.62. The smallest absolute Gasteiger partial charge is 0.234 e. The zero-order chi connectivity index (χ0) is 15.8. The minimum Gasteiger partial charge on any atom is -0.389 e. The van der Waals surface area contributed by atoms with E-state index in [-0.39, 0.29) is 25.1 Å². The molecular weight excluding hydrogens is 336 g/mol. The predicted octanol–water partition coefficient (Wildman–Crippen LogP) is 1.57. The number of halogens is 1. The van der Waals surface area contributed by atoms with Gasteiger partial charge in [-0.25, -0.2) is 0 Å². The minimum absolute atomic E-state index is 0.0529. The van der Waals surface area contributed by atoms with E-state index in [9.17, 15) is 9.90 Å². The second-order valence-electron chi connectivity index (χ2n) is 5.15. The number of hydrogen-bond acceptors (Lipinski definition) is 4. The summed E-state index contributed by atoms with van der Waals surface area (Å²) < 4.78 is 5.87. The third-order valence-corrected chi connectivity index (χ3v) is 3.57. The van der Waals surface area contributed by atoms with Crippen LogP contribution in [0.3, 0.4) is 0 Å². The van der Waals surface area contributed by atoms with E-state index < -0.39 is 6.10 Å². The molecule has 0 spiro atoms. The highest BCUT2D eigenvalue weighted by Crippen LogP contribution is 2.16. The van der Waals surface area contributed by atoms with Crippen molar-refractivity contribution in [3.05, 3.63) is 34.3 Å². The van der Waals surface area contributed by atoms with Crippen molar-refractivity contribution in [2.24, 2.45) is 0 Å². The third kappa shape index (κ3) is 7.04. The van der Waals surface area contributed by atoms with Crippen LogP contribution in [0.4, 0.5) is 0 Å². The molecule has 118 valence electrons. The number of nitrogens with one attached hydrogen (secondary N) is 1. The van der Waals surface area contributed by atoms with E-state index in [4.69, 9.17) is 4.74 Å². The number of aliphatic hydroxyl groups excluding tert-OH is 1. The molecule has 2 N–H and O–H groups in total. The molecule has 0 fully saturated rings. The van der Waals surface area contributed by atoms with Crippen molar-refractivity contribution in [1.29, 1.82) is 0 Å². The summed E-state index contributed by atoms with van der Waals surface area (Å²) in [6.07, 6.45) is -0.586. The fourth-order valence-corrected chi connectivity index (χ4v) is 2.30. The number of nitrogens with zero attached hydrogens (tertiary/aromatic N) is 1. The van der Waals surface area contributed by atoms with Gasteiger partial charge in [-0.3, -0.25) is 9.69 Å². The SMILES string of the molecule is COCC(O)CN(C)CC(=O)NC(C)c1ccc(Br)cc1. The molecule has 0 heterocycles. The molecule has 0 aromatic heterocycles. The van der Waals surface area contributed by atoms with Crippen LogP contribution in [-0.2, 0) is 9.53 Å². The second kappa shape index (κ2) is 9.15. The minimum atomic E-state index is -0.586. The summed E-state index contributed by atoms with van der Waals surface area (Å²) in [7, 11) is 3.33. The maximum absolute atomic E-state index is 12.0. The van der Waals surface area contributed by atoms with Crippen LogP contribution < -0.4 is 5.32 Å². The molecule has 2 unspecified atom stereocenters. The van der Waals surface area contributed by atoms with E-state index in [0.717, 1.165) is 10.0 Å². The van der Waals surface area contributed by atoms with Crippen LogP contribution in [0.15, 0.2) is 28.7 Å². The van der Waals surface area contributed by atoms with Crippen LogP contribution in [0.25, 0.3) is 0 Å². The zero-order valence-corrected chi connectivity index (χ0v) is 14.3. The Morgan fingerprint density at radius 2 is 2.05 bits per heavy atom. The van der Waals surface area contributed by atoms with Gasteiger partial charge in [-0.05, 0) is 31.7 Å². The molecule has 0 aliphatic carbocycles. The van der Waals surface area contributed by atoms with Gasteiger partial charge in [0.05, 0.1) is 25.3 Å². The molecule has 0 aliphatic rings. The van der Waals surface area contributed by atoms with Crippen molar-refractivity contribution in [3.8, 4) is 0 Å². The van der Waals surface area contributed by atoms with Gasteiger partial charge in [-0.1, -0.05) is 28.1 Å². The summed E-state index contributed by atoms with van der Waals surface area (Å²) in [5.74, 6) is -0.0717. The van der Waals surface area contributed by atoms with Gasteiger partial charge in [0, 0.05) is 18.1 Å². The van der Waals surface area contributed by atoms with Gasteiger partial charge in [0.25, 0.3) is 0 Å². The molecule has 0 saturated carbocycles. The maximum Gasteiger partial charge on any atom is 0.234 e. The Morgan fingerprint density at radius 1 is 1.43 bits per heavy atom. The number of rotatable bonds is 8. The van der Waals surface area contributed by atoms with Crippen LogP contribution in [-0.4, -0.2) is 55.9 Å². The predicted molar refractivity (Wildman–Crippen MR) is 86.1 cm³/mol. The molecule has 6 heteroatoms. The fourth-order valence-electron chi connectivity index (χ4n) is 2.04. The zero-order valence-electron chi connectivity index (χ0n) is 12.7. The van der Waals surface area contributed by atoms with E-state index in [0.29, 0.717) is 6.54 Å². The number of benzene rings is 1. The Hall–Kier alpha value is -0.950. The summed E-state index contributed by atoms with van der Waals surface area (Å²) in [5, 5.41) is 12.6. The van der Waals surface area contributed by atoms with Crippen molar-refractivity contribution >= 4 is 21.8 Å². The lowest BCUT2D eigenvalue weighted by Crippen LogP contribution is -2.40. The Kier molecular flexibility index (Phi) is 7.88. The van der Waals surface area contributed by atoms with Crippen LogP contribution in [0.5, 0.6) is 0 Å². The largest absolute Gasteiger partial charge is 0.389 e. The molecule has 0 aliphatic heterocycles. The standard InChI is InChI=1S/C15H23BrN2O3/c1-11(12-4-6-13(16)7-5-12)17-15(20)9-18(2)8-14(19)10-21-3/h4-7,11,14,19H,8-10H2,1-3H3,(H,17,20). The molecule has 21 heavy (non-hydrogen) atoms. The first-order chi connectivity index (χ1) is 9.92. The lowest BCUT2D eigenvalue weighted by Gasteiger charge is -2.21. The summed E-state index contributed by atoms with van der Waals surface area (Å²) in [6.45, 7) is 2.84. The van der Waals surface area contributed by atoms with Gasteiger partial charge in [-0.15, -0.1) is 0 Å². The molecule has 1 aromatic rings. The monoisotopic (exact) mass is 358 g/mol. The van der Waals surface area contributed by atoms with Gasteiger partial charge in [0.1, 0.15) is 0 Å². The number of aliphatic hydroxyl groups is 1. The average Bonchev–Trinajstić information content (AvgIpc) is 2.38. The van der Waals surface area contributed by atoms with Crippen LogP contribution >= 0.6 is 15.9 Å². The van der Waals surface area contributed by atoms with Gasteiger partial charge in [0.2, 0.25) is 5.91 Å². The van der Waals surface area contributed by atoms with Gasteiger partial charge in [-0.2, -0.15) is 0 Å². The van der Waals surface area contributed by atoms with Crippen molar-refractivity contribution in [2.45, 2.75) is 19.1 Å². The topological polar surface area (TPSA) is 61.8 Å². The lowest BCUT2D eigenvalue weighted by atomic mass is 10.1. The van der Waals surface area contributed by atoms with E-state index >= 15 is 0 Å². The van der Waals surface area contributed by atoms with E-state index in [1.807, 2.05) is 31.2 Å². The van der Waals surface area contributed by atoms with Crippen molar-refractivity contribution in [2.75, 3.05) is 33.9 Å². The molecule has 0 saturated heterocycles. The molecule has 1 amide bonds. The van der Waals surface area contributed by atoms with E-state index in [2.05, 4.69) is 21.2 Å². The highest BCUT2D eigenvalue weighted by Gasteiger charge is 2.14. The van der Waals surface area contributed by atoms with E-state index in [1.54, 1.807) is 11.9 Å². The lowest BCUT2D eigenvalue weighted by molar-refractivity contribution is -0.122. The molecule has 0 bridgehead atoms. The van der Waals surface area contributed by atoms with Crippen LogP contribution in [0, 0.1) is 0 Å². The van der Waals surface area contributed by atoms with E-state index in [1.165, 1.54) is 7.11 Å². The summed E-state index contributed by atoms with van der Waals surface area (Å²) >= 11 is 3.39. The number of carbonyl (C=O) groups is 1. The van der Waals surface area contributed by atoms with Crippen LogP contribution in [0.2, 0.25) is 0 Å². The summed E-state index contributed by atoms with van der Waals surface area (Å²) in [4.78, 5) is 13.7. The maximum atomic E-state index is 12.0. The first-order valence-electron chi connectivity index (χ1n) is 6.82. The molecule has 5 nitrogen and oxygen atoms in total.